The molecule has 0 N–H and O–H groups in total. The topological polar surface area (TPSA) is 89.8 Å². The maximum Gasteiger partial charge on any atom is 0.347 e. The number of carbonyl (C=O) groups is 1. The minimum absolute atomic E-state index is 0.0820. The van der Waals surface area contributed by atoms with E-state index in [4.69, 9.17) is 4.42 Å². The van der Waals surface area contributed by atoms with Crippen LogP contribution in [0.3, 0.4) is 0 Å². The summed E-state index contributed by atoms with van der Waals surface area (Å²) in [6.07, 6.45) is 1.64. The summed E-state index contributed by atoms with van der Waals surface area (Å²) in [6, 6.07) is 26.1. The maximum atomic E-state index is 13.5. The van der Waals surface area contributed by atoms with Gasteiger partial charge in [-0.1, -0.05) is 65.9 Å². The van der Waals surface area contributed by atoms with Crippen molar-refractivity contribution in [3.05, 3.63) is 121 Å². The van der Waals surface area contributed by atoms with E-state index < -0.39 is 11.4 Å². The molecule has 0 saturated carbocycles. The average molecular weight is 509 g/mol. The van der Waals surface area contributed by atoms with E-state index in [9.17, 15) is 9.59 Å². The number of nitrogens with zero attached hydrogens (tertiary/aromatic N) is 4. The molecule has 0 unspecified atom stereocenters. The Hall–Kier alpha value is -4.47. The van der Waals surface area contributed by atoms with Crippen LogP contribution < -0.4 is 10.4 Å². The zero-order valence-corrected chi connectivity index (χ0v) is 20.2. The molecule has 0 radical (unpaired) electrons. The van der Waals surface area contributed by atoms with Crippen LogP contribution in [0.4, 0.5) is 0 Å². The zero-order chi connectivity index (χ0) is 24.5. The van der Waals surface area contributed by atoms with Gasteiger partial charge in [0.15, 0.2) is 5.01 Å². The molecule has 0 bridgehead atoms. The highest BCUT2D eigenvalue weighted by atomic mass is 32.1. The van der Waals surface area contributed by atoms with E-state index >= 15 is 0 Å². The molecule has 6 aromatic rings. The van der Waals surface area contributed by atoms with Crippen molar-refractivity contribution in [2.45, 2.75) is 0 Å². The highest BCUT2D eigenvalue weighted by Crippen LogP contribution is 2.25. The molecular formula is C27H16N4O3S2. The molecule has 3 heterocycles. The summed E-state index contributed by atoms with van der Waals surface area (Å²) in [7, 11) is 0. The SMILES string of the molecule is O=C(c1nn(-c2ccccc2)/c(=N/N=C/c2cccs2)s1)c1cc2c(ccc3ccccc32)oc1=O. The summed E-state index contributed by atoms with van der Waals surface area (Å²) in [5.74, 6) is -0.531. The van der Waals surface area contributed by atoms with Crippen molar-refractivity contribution in [2.75, 3.05) is 0 Å². The lowest BCUT2D eigenvalue weighted by Gasteiger charge is -2.04. The third-order valence-electron chi connectivity index (χ3n) is 5.51. The van der Waals surface area contributed by atoms with E-state index in [0.29, 0.717) is 15.8 Å². The van der Waals surface area contributed by atoms with Gasteiger partial charge in [-0.05, 0) is 46.5 Å². The van der Waals surface area contributed by atoms with E-state index in [1.807, 2.05) is 78.2 Å². The van der Waals surface area contributed by atoms with Gasteiger partial charge in [0.25, 0.3) is 0 Å². The first-order valence-electron chi connectivity index (χ1n) is 10.9. The van der Waals surface area contributed by atoms with Gasteiger partial charge in [-0.3, -0.25) is 4.79 Å². The standard InChI is InChI=1S/C27H16N4O3S2/c32-24(22-15-21-20-11-5-4-7-17(20)12-13-23(21)34-26(22)33)25-30-31(18-8-2-1-3-9-18)27(36-25)29-28-16-19-10-6-14-35-19/h1-16H/b28-16+,29-27-. The average Bonchev–Trinajstić information content (AvgIpc) is 3.59. The summed E-state index contributed by atoms with van der Waals surface area (Å²) < 4.78 is 7.06. The smallest absolute Gasteiger partial charge is 0.347 e. The zero-order valence-electron chi connectivity index (χ0n) is 18.6. The molecule has 7 nitrogen and oxygen atoms in total. The van der Waals surface area contributed by atoms with Crippen LogP contribution >= 0.6 is 22.7 Å². The van der Waals surface area contributed by atoms with Crippen LogP contribution in [0.15, 0.2) is 110 Å². The van der Waals surface area contributed by atoms with Gasteiger partial charge in [-0.2, -0.15) is 10.2 Å². The number of aromatic nitrogens is 2. The van der Waals surface area contributed by atoms with Crippen molar-refractivity contribution >= 4 is 56.4 Å². The molecule has 0 fully saturated rings. The quantitative estimate of drug-likeness (QED) is 0.102. The van der Waals surface area contributed by atoms with Crippen molar-refractivity contribution in [2.24, 2.45) is 10.2 Å². The Morgan fingerprint density at radius 3 is 2.61 bits per heavy atom. The highest BCUT2D eigenvalue weighted by Gasteiger charge is 2.21. The second-order valence-corrected chi connectivity index (χ2v) is 9.71. The summed E-state index contributed by atoms with van der Waals surface area (Å²) >= 11 is 2.60. The molecular weight excluding hydrogens is 492 g/mol. The molecule has 0 atom stereocenters. The lowest BCUT2D eigenvalue weighted by atomic mass is 10.0. The number of rotatable bonds is 5. The Kier molecular flexibility index (Phi) is 5.68. The number of fused-ring (bicyclic) bond motifs is 3. The highest BCUT2D eigenvalue weighted by molar-refractivity contribution is 7.11. The molecule has 174 valence electrons. The van der Waals surface area contributed by atoms with E-state index in [0.717, 1.165) is 32.7 Å². The number of thiophene rings is 1. The van der Waals surface area contributed by atoms with Gasteiger partial charge < -0.3 is 4.42 Å². The number of hydrogen-bond acceptors (Lipinski definition) is 8. The number of para-hydroxylation sites is 1. The van der Waals surface area contributed by atoms with E-state index in [1.165, 1.54) is 0 Å². The molecule has 0 amide bonds. The summed E-state index contributed by atoms with van der Waals surface area (Å²) in [4.78, 5) is 27.6. The molecule has 0 aliphatic carbocycles. The van der Waals surface area contributed by atoms with Crippen LogP contribution in [0, 0.1) is 0 Å². The van der Waals surface area contributed by atoms with Gasteiger partial charge >= 0.3 is 5.63 Å². The largest absolute Gasteiger partial charge is 0.422 e. The number of carbonyl (C=O) groups excluding carboxylic acids is 1. The minimum Gasteiger partial charge on any atom is -0.422 e. The molecule has 0 aliphatic heterocycles. The molecule has 0 spiro atoms. The number of hydrogen-bond donors (Lipinski definition) is 0. The van der Waals surface area contributed by atoms with Crippen LogP contribution in [0.1, 0.15) is 20.2 Å². The predicted octanol–water partition coefficient (Wildman–Crippen LogP) is 5.42. The molecule has 3 aromatic carbocycles. The molecule has 0 aliphatic rings. The van der Waals surface area contributed by atoms with E-state index in [-0.39, 0.29) is 10.6 Å². The van der Waals surface area contributed by atoms with E-state index in [1.54, 1.807) is 34.4 Å². The Balaban J connectivity index is 1.48. The fourth-order valence-corrected chi connectivity index (χ4v) is 5.22. The normalized spacial score (nSPS) is 12.2. The summed E-state index contributed by atoms with van der Waals surface area (Å²) in [6.45, 7) is 0. The molecule has 3 aromatic heterocycles. The van der Waals surface area contributed by atoms with Crippen molar-refractivity contribution in [1.29, 1.82) is 0 Å². The Bertz CT molecular complexity index is 1880. The second-order valence-electron chi connectivity index (χ2n) is 7.77. The van der Waals surface area contributed by atoms with Crippen molar-refractivity contribution in [3.8, 4) is 5.69 Å². The fraction of sp³-hybridized carbons (Fsp3) is 0. The van der Waals surface area contributed by atoms with Crippen LogP contribution in [0.2, 0.25) is 0 Å². The van der Waals surface area contributed by atoms with Gasteiger partial charge in [0, 0.05) is 10.3 Å². The second kappa shape index (κ2) is 9.29. The molecule has 6 rings (SSSR count). The van der Waals surface area contributed by atoms with Gasteiger partial charge in [-0.25, -0.2) is 9.48 Å². The maximum absolute atomic E-state index is 13.5. The number of benzene rings is 3. The van der Waals surface area contributed by atoms with Gasteiger partial charge in [-0.15, -0.1) is 16.4 Å². The van der Waals surface area contributed by atoms with Crippen LogP contribution in [0.5, 0.6) is 0 Å². The minimum atomic E-state index is -0.710. The van der Waals surface area contributed by atoms with Crippen LogP contribution in [0.25, 0.3) is 27.4 Å². The first-order chi connectivity index (χ1) is 17.7. The first-order valence-corrected chi connectivity index (χ1v) is 12.6. The third kappa shape index (κ3) is 4.10. The third-order valence-corrected chi connectivity index (χ3v) is 7.22. The predicted molar refractivity (Wildman–Crippen MR) is 142 cm³/mol. The summed E-state index contributed by atoms with van der Waals surface area (Å²) in [5.41, 5.74) is 0.349. The molecule has 0 saturated heterocycles. The number of ketones is 1. The van der Waals surface area contributed by atoms with Crippen LogP contribution in [-0.2, 0) is 0 Å². The Morgan fingerprint density at radius 2 is 1.78 bits per heavy atom. The van der Waals surface area contributed by atoms with E-state index in [2.05, 4.69) is 15.3 Å². The van der Waals surface area contributed by atoms with Crippen LogP contribution in [-0.4, -0.2) is 21.8 Å². The Labute approximate surface area is 211 Å². The monoisotopic (exact) mass is 508 g/mol. The van der Waals surface area contributed by atoms with Gasteiger partial charge in [0.05, 0.1) is 11.9 Å². The van der Waals surface area contributed by atoms with Gasteiger partial charge in [0.2, 0.25) is 10.6 Å². The van der Waals surface area contributed by atoms with Crippen molar-refractivity contribution < 1.29 is 9.21 Å². The van der Waals surface area contributed by atoms with Crippen molar-refractivity contribution in [3.63, 3.8) is 0 Å². The van der Waals surface area contributed by atoms with Gasteiger partial charge in [0.1, 0.15) is 11.1 Å². The lowest BCUT2D eigenvalue weighted by Crippen LogP contribution is -2.16. The first kappa shape index (κ1) is 22.0. The van der Waals surface area contributed by atoms with Crippen molar-refractivity contribution in [1.82, 2.24) is 9.78 Å². The fourth-order valence-electron chi connectivity index (χ4n) is 3.82. The summed E-state index contributed by atoms with van der Waals surface area (Å²) in [5, 5.41) is 17.6. The molecule has 36 heavy (non-hydrogen) atoms. The molecule has 9 heteroatoms. The Morgan fingerprint density at radius 1 is 0.944 bits per heavy atom. The lowest BCUT2D eigenvalue weighted by molar-refractivity contribution is 0.103.